The number of aromatic nitrogens is 1. The maximum Gasteiger partial charge on any atom is 0.0931 e. The second-order valence-corrected chi connectivity index (χ2v) is 9.60. The maximum atomic E-state index is 4.78. The minimum absolute atomic E-state index is 1.000. The van der Waals surface area contributed by atoms with Crippen molar-refractivity contribution in [2.24, 2.45) is 0 Å². The van der Waals surface area contributed by atoms with Crippen LogP contribution < -0.4 is 0 Å². The number of fused-ring (bicyclic) bond motifs is 1. The van der Waals surface area contributed by atoms with Gasteiger partial charge in [0.05, 0.1) is 15.6 Å². The molecule has 0 bridgehead atoms. The Hall–Kier alpha value is -1.49. The number of hydrogen-bond donors (Lipinski definition) is 0. The maximum absolute atomic E-state index is 4.78. The molecule has 0 aliphatic heterocycles. The summed E-state index contributed by atoms with van der Waals surface area (Å²) in [6.07, 6.45) is 1.000. The smallest absolute Gasteiger partial charge is 0.0931 e. The summed E-state index contributed by atoms with van der Waals surface area (Å²) >= 11 is 5.65. The molecule has 4 rings (SSSR count). The molecular formula is C20H19NS3. The molecule has 0 saturated heterocycles. The highest BCUT2D eigenvalue weighted by molar-refractivity contribution is 7.24. The monoisotopic (exact) mass is 369 g/mol. The van der Waals surface area contributed by atoms with Crippen molar-refractivity contribution in [3.8, 4) is 20.9 Å². The number of hydrogen-bond acceptors (Lipinski definition) is 4. The Kier molecular flexibility index (Phi) is 4.07. The van der Waals surface area contributed by atoms with Crippen LogP contribution in [0.2, 0.25) is 0 Å². The van der Waals surface area contributed by atoms with Gasteiger partial charge in [-0.15, -0.1) is 34.0 Å². The van der Waals surface area contributed by atoms with Gasteiger partial charge in [-0.25, -0.2) is 4.98 Å². The van der Waals surface area contributed by atoms with Gasteiger partial charge in [-0.1, -0.05) is 25.1 Å². The number of benzene rings is 1. The van der Waals surface area contributed by atoms with Gasteiger partial charge in [0.25, 0.3) is 0 Å². The number of aryl methyl sites for hydroxylation is 4. The SMILES string of the molecule is CCc1nc(C)c(-c2c(-c3cc(C)sc3C)sc3ccccc23)s1. The van der Waals surface area contributed by atoms with Crippen molar-refractivity contribution in [3.05, 3.63) is 50.8 Å². The van der Waals surface area contributed by atoms with E-state index in [4.69, 9.17) is 4.98 Å². The highest BCUT2D eigenvalue weighted by Gasteiger charge is 2.21. The Morgan fingerprint density at radius 1 is 0.958 bits per heavy atom. The van der Waals surface area contributed by atoms with Gasteiger partial charge in [0, 0.05) is 35.8 Å². The van der Waals surface area contributed by atoms with Crippen LogP contribution in [0.4, 0.5) is 0 Å². The topological polar surface area (TPSA) is 12.9 Å². The summed E-state index contributed by atoms with van der Waals surface area (Å²) in [6, 6.07) is 11.1. The van der Waals surface area contributed by atoms with Crippen molar-refractivity contribution >= 4 is 44.1 Å². The van der Waals surface area contributed by atoms with E-state index in [1.54, 1.807) is 0 Å². The van der Waals surface area contributed by atoms with Crippen LogP contribution in [-0.4, -0.2) is 4.98 Å². The Morgan fingerprint density at radius 2 is 1.75 bits per heavy atom. The highest BCUT2D eigenvalue weighted by Crippen LogP contribution is 2.49. The number of nitrogens with zero attached hydrogens (tertiary/aromatic N) is 1. The van der Waals surface area contributed by atoms with Crippen LogP contribution in [0.1, 0.15) is 27.4 Å². The number of thiazole rings is 1. The van der Waals surface area contributed by atoms with Crippen molar-refractivity contribution in [3.63, 3.8) is 0 Å². The lowest BCUT2D eigenvalue weighted by molar-refractivity contribution is 1.07. The van der Waals surface area contributed by atoms with Crippen LogP contribution in [0.15, 0.2) is 30.3 Å². The minimum Gasteiger partial charge on any atom is -0.246 e. The average Bonchev–Trinajstić information content (AvgIpc) is 3.21. The Bertz CT molecular complexity index is 1030. The van der Waals surface area contributed by atoms with E-state index in [1.165, 1.54) is 45.7 Å². The normalized spacial score (nSPS) is 11.5. The molecule has 0 saturated carbocycles. The van der Waals surface area contributed by atoms with Gasteiger partial charge in [-0.2, -0.15) is 0 Å². The molecule has 1 nitrogen and oxygen atoms in total. The van der Waals surface area contributed by atoms with Gasteiger partial charge in [0.15, 0.2) is 0 Å². The van der Waals surface area contributed by atoms with Crippen molar-refractivity contribution < 1.29 is 0 Å². The second kappa shape index (κ2) is 6.10. The molecule has 0 aliphatic carbocycles. The zero-order chi connectivity index (χ0) is 16.8. The molecule has 0 N–H and O–H groups in total. The van der Waals surface area contributed by atoms with Crippen LogP contribution in [-0.2, 0) is 6.42 Å². The van der Waals surface area contributed by atoms with Crippen molar-refractivity contribution in [2.45, 2.75) is 34.1 Å². The van der Waals surface area contributed by atoms with Crippen molar-refractivity contribution in [2.75, 3.05) is 0 Å². The Morgan fingerprint density at radius 3 is 2.42 bits per heavy atom. The van der Waals surface area contributed by atoms with Crippen LogP contribution in [0, 0.1) is 20.8 Å². The number of rotatable bonds is 3. The first-order valence-corrected chi connectivity index (χ1v) is 10.6. The average molecular weight is 370 g/mol. The van der Waals surface area contributed by atoms with E-state index in [9.17, 15) is 0 Å². The molecule has 0 unspecified atom stereocenters. The zero-order valence-electron chi connectivity index (χ0n) is 14.3. The van der Waals surface area contributed by atoms with E-state index < -0.39 is 0 Å². The van der Waals surface area contributed by atoms with Gasteiger partial charge < -0.3 is 0 Å². The van der Waals surface area contributed by atoms with Gasteiger partial charge in [0.1, 0.15) is 0 Å². The third-order valence-electron chi connectivity index (χ3n) is 4.25. The molecule has 0 aliphatic rings. The zero-order valence-corrected chi connectivity index (χ0v) is 16.7. The summed E-state index contributed by atoms with van der Waals surface area (Å²) in [6.45, 7) is 8.76. The highest BCUT2D eigenvalue weighted by atomic mass is 32.1. The van der Waals surface area contributed by atoms with E-state index in [-0.39, 0.29) is 0 Å². The molecule has 24 heavy (non-hydrogen) atoms. The first-order valence-electron chi connectivity index (χ1n) is 8.14. The second-order valence-electron chi connectivity index (χ2n) is 6.00. The Balaban J connectivity index is 2.07. The van der Waals surface area contributed by atoms with Gasteiger partial charge in [-0.05, 0) is 39.3 Å². The van der Waals surface area contributed by atoms with Crippen LogP contribution >= 0.6 is 34.0 Å². The predicted octanol–water partition coefficient (Wildman–Crippen LogP) is 7.24. The molecular weight excluding hydrogens is 350 g/mol. The fraction of sp³-hybridized carbons (Fsp3) is 0.250. The molecule has 3 aromatic heterocycles. The predicted molar refractivity (Wildman–Crippen MR) is 110 cm³/mol. The molecule has 0 atom stereocenters. The third kappa shape index (κ3) is 2.53. The largest absolute Gasteiger partial charge is 0.246 e. The molecule has 4 heteroatoms. The first kappa shape index (κ1) is 16.0. The summed E-state index contributed by atoms with van der Waals surface area (Å²) in [5.74, 6) is 0. The summed E-state index contributed by atoms with van der Waals surface area (Å²) in [4.78, 5) is 10.3. The fourth-order valence-corrected chi connectivity index (χ4v) is 6.56. The van der Waals surface area contributed by atoms with Gasteiger partial charge in [0.2, 0.25) is 0 Å². The molecule has 0 amide bonds. The molecule has 0 radical (unpaired) electrons. The summed E-state index contributed by atoms with van der Waals surface area (Å²) in [5, 5.41) is 2.58. The molecule has 4 aromatic rings. The summed E-state index contributed by atoms with van der Waals surface area (Å²) in [5.41, 5.74) is 3.93. The Labute approximate surface area is 154 Å². The van der Waals surface area contributed by atoms with E-state index in [1.807, 2.05) is 34.0 Å². The number of thiophene rings is 2. The van der Waals surface area contributed by atoms with E-state index in [2.05, 4.69) is 58.0 Å². The molecule has 0 spiro atoms. The molecule has 1 aromatic carbocycles. The van der Waals surface area contributed by atoms with Crippen molar-refractivity contribution in [1.82, 2.24) is 4.98 Å². The lowest BCUT2D eigenvalue weighted by Gasteiger charge is -2.03. The molecule has 122 valence electrons. The van der Waals surface area contributed by atoms with Crippen molar-refractivity contribution in [1.29, 1.82) is 0 Å². The lowest BCUT2D eigenvalue weighted by Crippen LogP contribution is -1.81. The van der Waals surface area contributed by atoms with Gasteiger partial charge >= 0.3 is 0 Å². The quantitative estimate of drug-likeness (QED) is 0.371. The molecule has 0 fully saturated rings. The summed E-state index contributed by atoms with van der Waals surface area (Å²) < 4.78 is 1.36. The third-order valence-corrected chi connectivity index (χ3v) is 7.74. The van der Waals surface area contributed by atoms with Crippen LogP contribution in [0.25, 0.3) is 31.0 Å². The lowest BCUT2D eigenvalue weighted by atomic mass is 10.0. The van der Waals surface area contributed by atoms with Gasteiger partial charge in [-0.3, -0.25) is 0 Å². The van der Waals surface area contributed by atoms with Crippen LogP contribution in [0.5, 0.6) is 0 Å². The minimum atomic E-state index is 1.000. The van der Waals surface area contributed by atoms with Crippen LogP contribution in [0.3, 0.4) is 0 Å². The first-order chi connectivity index (χ1) is 11.6. The molecule has 3 heterocycles. The summed E-state index contributed by atoms with van der Waals surface area (Å²) in [7, 11) is 0. The van der Waals surface area contributed by atoms with E-state index in [0.717, 1.165) is 12.1 Å². The van der Waals surface area contributed by atoms with E-state index >= 15 is 0 Å². The standard InChI is InChI=1S/C20H19NS3/c1-5-17-21-12(3)19(24-17)18-14-8-6-7-9-16(14)23-20(18)15-10-11(2)22-13(15)4/h6-10H,5H2,1-4H3. The fourth-order valence-electron chi connectivity index (χ4n) is 3.15. The van der Waals surface area contributed by atoms with E-state index in [0.29, 0.717) is 0 Å².